The maximum Gasteiger partial charge on any atom is 0.261 e. The van der Waals surface area contributed by atoms with E-state index in [1.807, 2.05) is 0 Å². The first-order valence-corrected chi connectivity index (χ1v) is 12.9. The lowest BCUT2D eigenvalue weighted by Gasteiger charge is -2.15. The Hall–Kier alpha value is -3.27. The molecule has 0 bridgehead atoms. The first-order valence-electron chi connectivity index (χ1n) is 9.56. The quantitative estimate of drug-likeness (QED) is 0.364. The van der Waals surface area contributed by atoms with Gasteiger partial charge in [-0.2, -0.15) is 0 Å². The molecule has 0 radical (unpaired) electrons. The fourth-order valence-corrected chi connectivity index (χ4v) is 5.91. The molecule has 0 spiro atoms. The molecular formula is C23H18ClNO6S2. The highest BCUT2D eigenvalue weighted by Crippen LogP contribution is 2.40. The number of nitrogens with one attached hydrogen (secondary N) is 1. The molecule has 0 aliphatic heterocycles. The molecule has 0 saturated carbocycles. The van der Waals surface area contributed by atoms with Crippen molar-refractivity contribution in [3.8, 4) is 11.5 Å². The first-order chi connectivity index (χ1) is 15.6. The van der Waals surface area contributed by atoms with Crippen LogP contribution >= 0.6 is 11.6 Å². The van der Waals surface area contributed by atoms with E-state index in [9.17, 15) is 21.9 Å². The summed E-state index contributed by atoms with van der Waals surface area (Å²) < 4.78 is 60.1. The predicted octanol–water partition coefficient (Wildman–Crippen LogP) is 4.84. The van der Waals surface area contributed by atoms with Crippen molar-refractivity contribution in [3.63, 3.8) is 0 Å². The van der Waals surface area contributed by atoms with Crippen LogP contribution in [0.15, 0.2) is 93.5 Å². The lowest BCUT2D eigenvalue weighted by molar-refractivity contribution is 0.414. The third kappa shape index (κ3) is 4.35. The number of sulfone groups is 1. The summed E-state index contributed by atoms with van der Waals surface area (Å²) in [6.07, 6.45) is 0. The highest BCUT2D eigenvalue weighted by Gasteiger charge is 2.26. The van der Waals surface area contributed by atoms with Crippen LogP contribution in [0.3, 0.4) is 0 Å². The number of ether oxygens (including phenoxy) is 1. The normalized spacial score (nSPS) is 11.9. The molecular weight excluding hydrogens is 486 g/mol. The maximum absolute atomic E-state index is 13.3. The average molecular weight is 504 g/mol. The Balaban J connectivity index is 1.88. The van der Waals surface area contributed by atoms with E-state index in [0.717, 1.165) is 6.07 Å². The number of halogens is 1. The Morgan fingerprint density at radius 2 is 1.39 bits per heavy atom. The van der Waals surface area contributed by atoms with Crippen LogP contribution < -0.4 is 9.46 Å². The van der Waals surface area contributed by atoms with Gasteiger partial charge in [-0.25, -0.2) is 16.8 Å². The number of aromatic hydroxyl groups is 1. The molecule has 170 valence electrons. The number of phenolic OH excluding ortho intramolecular Hbond substituents is 1. The van der Waals surface area contributed by atoms with Crippen LogP contribution in [-0.4, -0.2) is 29.1 Å². The summed E-state index contributed by atoms with van der Waals surface area (Å²) in [4.78, 5) is -0.569. The zero-order valence-electron chi connectivity index (χ0n) is 17.2. The van der Waals surface area contributed by atoms with Crippen LogP contribution in [0.4, 0.5) is 5.69 Å². The highest BCUT2D eigenvalue weighted by atomic mass is 35.5. The molecule has 2 N–H and O–H groups in total. The molecule has 0 aliphatic rings. The Morgan fingerprint density at radius 3 is 2.00 bits per heavy atom. The molecule has 33 heavy (non-hydrogen) atoms. The number of anilines is 1. The molecule has 0 aliphatic carbocycles. The number of methoxy groups -OCH3 is 1. The van der Waals surface area contributed by atoms with Crippen LogP contribution in [0.5, 0.6) is 11.5 Å². The van der Waals surface area contributed by atoms with Gasteiger partial charge in [-0.05, 0) is 54.6 Å². The van der Waals surface area contributed by atoms with Gasteiger partial charge in [0.05, 0.1) is 22.6 Å². The smallest absolute Gasteiger partial charge is 0.261 e. The third-order valence-corrected chi connectivity index (χ3v) is 8.43. The van der Waals surface area contributed by atoms with Gasteiger partial charge < -0.3 is 9.84 Å². The van der Waals surface area contributed by atoms with Crippen LogP contribution in [0.25, 0.3) is 10.8 Å². The van der Waals surface area contributed by atoms with Crippen molar-refractivity contribution in [1.29, 1.82) is 0 Å². The zero-order chi connectivity index (χ0) is 23.8. The van der Waals surface area contributed by atoms with Crippen molar-refractivity contribution < 1.29 is 26.7 Å². The fourth-order valence-electron chi connectivity index (χ4n) is 3.32. The number of sulfonamides is 1. The molecule has 7 nitrogen and oxygen atoms in total. The van der Waals surface area contributed by atoms with Crippen LogP contribution in [0.1, 0.15) is 0 Å². The molecule has 0 atom stereocenters. The summed E-state index contributed by atoms with van der Waals surface area (Å²) in [6, 6.07) is 18.7. The predicted molar refractivity (Wildman–Crippen MR) is 126 cm³/mol. The van der Waals surface area contributed by atoms with E-state index < -0.39 is 30.5 Å². The summed E-state index contributed by atoms with van der Waals surface area (Å²) >= 11 is 5.86. The second-order valence-electron chi connectivity index (χ2n) is 7.05. The highest BCUT2D eigenvalue weighted by molar-refractivity contribution is 7.93. The maximum atomic E-state index is 13.3. The summed E-state index contributed by atoms with van der Waals surface area (Å²) in [5.74, 6) is 0.00771. The van der Waals surface area contributed by atoms with E-state index in [0.29, 0.717) is 16.2 Å². The van der Waals surface area contributed by atoms with Crippen LogP contribution in [-0.2, 0) is 19.9 Å². The van der Waals surface area contributed by atoms with Crippen LogP contribution in [0.2, 0.25) is 5.02 Å². The van der Waals surface area contributed by atoms with Crippen molar-refractivity contribution in [2.75, 3.05) is 11.8 Å². The minimum absolute atomic E-state index is 0.00626. The van der Waals surface area contributed by atoms with E-state index in [2.05, 4.69) is 4.72 Å². The van der Waals surface area contributed by atoms with Crippen molar-refractivity contribution in [3.05, 3.63) is 83.9 Å². The van der Waals surface area contributed by atoms with E-state index >= 15 is 0 Å². The number of rotatable bonds is 6. The number of hydrogen-bond acceptors (Lipinski definition) is 6. The Bertz CT molecular complexity index is 1550. The van der Waals surface area contributed by atoms with Crippen molar-refractivity contribution in [2.24, 2.45) is 0 Å². The monoisotopic (exact) mass is 503 g/mol. The van der Waals surface area contributed by atoms with Gasteiger partial charge in [-0.1, -0.05) is 35.9 Å². The Labute approximate surface area is 196 Å². The molecule has 0 fully saturated rings. The second-order valence-corrected chi connectivity index (χ2v) is 11.1. The van der Waals surface area contributed by atoms with Gasteiger partial charge in [0.25, 0.3) is 10.0 Å². The fraction of sp³-hybridized carbons (Fsp3) is 0.0435. The van der Waals surface area contributed by atoms with E-state index in [4.69, 9.17) is 16.3 Å². The van der Waals surface area contributed by atoms with Gasteiger partial charge in [0, 0.05) is 15.8 Å². The molecule has 0 aromatic heterocycles. The molecule has 4 rings (SSSR count). The topological polar surface area (TPSA) is 110 Å². The van der Waals surface area contributed by atoms with E-state index in [1.54, 1.807) is 18.2 Å². The Kier molecular flexibility index (Phi) is 5.96. The number of hydrogen-bond donors (Lipinski definition) is 2. The van der Waals surface area contributed by atoms with E-state index in [1.165, 1.54) is 61.7 Å². The summed E-state index contributed by atoms with van der Waals surface area (Å²) in [5.41, 5.74) is 0.00626. The Morgan fingerprint density at radius 1 is 0.818 bits per heavy atom. The average Bonchev–Trinajstić information content (AvgIpc) is 2.81. The largest absolute Gasteiger partial charge is 0.506 e. The molecule has 0 unspecified atom stereocenters. The third-order valence-electron chi connectivity index (χ3n) is 5.01. The van der Waals surface area contributed by atoms with Gasteiger partial charge >= 0.3 is 0 Å². The molecule has 0 saturated heterocycles. The molecule has 4 aromatic carbocycles. The number of phenols is 1. The summed E-state index contributed by atoms with van der Waals surface area (Å²) in [6.45, 7) is 0. The van der Waals surface area contributed by atoms with Gasteiger partial charge in [0.2, 0.25) is 9.84 Å². The number of benzene rings is 4. The van der Waals surface area contributed by atoms with Gasteiger partial charge in [0.1, 0.15) is 16.4 Å². The lowest BCUT2D eigenvalue weighted by atomic mass is 10.1. The molecule has 10 heteroatoms. The lowest BCUT2D eigenvalue weighted by Crippen LogP contribution is -2.14. The zero-order valence-corrected chi connectivity index (χ0v) is 19.6. The SMILES string of the molecule is COc1ccc(S(=O)(=O)Nc2cc(S(=O)(=O)c3ccc(Cl)cc3)c(O)c3ccccc23)cc1. The van der Waals surface area contributed by atoms with E-state index in [-0.39, 0.29) is 20.9 Å². The van der Waals surface area contributed by atoms with Gasteiger partial charge in [0.15, 0.2) is 0 Å². The molecule has 0 amide bonds. The van der Waals surface area contributed by atoms with Crippen LogP contribution in [0, 0.1) is 0 Å². The molecule has 4 aromatic rings. The minimum Gasteiger partial charge on any atom is -0.506 e. The van der Waals surface area contributed by atoms with Crippen molar-refractivity contribution in [1.82, 2.24) is 0 Å². The number of fused-ring (bicyclic) bond motifs is 1. The second kappa shape index (κ2) is 8.58. The minimum atomic E-state index is -4.19. The van der Waals surface area contributed by atoms with Crippen molar-refractivity contribution in [2.45, 2.75) is 14.7 Å². The summed E-state index contributed by atoms with van der Waals surface area (Å²) in [7, 11) is -6.80. The summed E-state index contributed by atoms with van der Waals surface area (Å²) in [5, 5.41) is 11.7. The van der Waals surface area contributed by atoms with Gasteiger partial charge in [-0.3, -0.25) is 4.72 Å². The standard InChI is InChI=1S/C23H18ClNO6S2/c1-31-16-8-12-18(13-9-16)33(29,30)25-21-14-22(23(26)20-5-3-2-4-19(20)21)32(27,28)17-10-6-15(24)7-11-17/h2-14,25-26H,1H3. The first kappa shape index (κ1) is 22.9. The van der Waals surface area contributed by atoms with Crippen molar-refractivity contribution >= 4 is 47.9 Å². The van der Waals surface area contributed by atoms with Gasteiger partial charge in [-0.15, -0.1) is 0 Å². The molecule has 0 heterocycles.